The number of benzene rings is 1. The number of nitro benzene ring substituents is 1. The Morgan fingerprint density at radius 2 is 1.95 bits per heavy atom. The fraction of sp³-hybridized carbons (Fsp3) is 0.333. The number of aliphatic hydroxyl groups is 1. The molecule has 0 aliphatic heterocycles. The summed E-state index contributed by atoms with van der Waals surface area (Å²) in [6.45, 7) is 0. The van der Waals surface area contributed by atoms with Crippen molar-refractivity contribution in [1.29, 1.82) is 0 Å². The van der Waals surface area contributed by atoms with E-state index in [9.17, 15) is 23.3 Å². The van der Waals surface area contributed by atoms with Crippen LogP contribution in [0.2, 0.25) is 5.02 Å². The predicted octanol–water partition coefficient (Wildman–Crippen LogP) is 2.59. The highest BCUT2D eigenvalue weighted by molar-refractivity contribution is 6.32. The smallest absolute Gasteiger partial charge is 0.382 e. The second kappa shape index (κ2) is 6.38. The van der Waals surface area contributed by atoms with E-state index in [1.165, 1.54) is 0 Å². The lowest BCUT2D eigenvalue weighted by Crippen LogP contribution is -2.38. The molecular weight excluding hydrogens is 312 g/mol. The van der Waals surface area contributed by atoms with Crippen LogP contribution in [0.5, 0.6) is 0 Å². The molecule has 0 spiro atoms. The molecule has 0 aromatic heterocycles. The Morgan fingerprint density at radius 3 is 2.37 bits per heavy atom. The van der Waals surface area contributed by atoms with Gasteiger partial charge in [-0.15, -0.1) is 12.4 Å². The van der Waals surface area contributed by atoms with E-state index in [1.54, 1.807) is 0 Å². The largest absolute Gasteiger partial charge is 0.416 e. The van der Waals surface area contributed by atoms with Gasteiger partial charge in [0, 0.05) is 6.07 Å². The van der Waals surface area contributed by atoms with Gasteiger partial charge in [0.05, 0.1) is 11.0 Å². The maximum atomic E-state index is 12.2. The molecule has 0 aliphatic carbocycles. The van der Waals surface area contributed by atoms with Crippen LogP contribution >= 0.6 is 24.0 Å². The molecular formula is C9H9Cl2F3N2O3. The van der Waals surface area contributed by atoms with Gasteiger partial charge in [-0.3, -0.25) is 10.1 Å². The molecule has 1 aromatic carbocycles. The normalized spacial score (nSPS) is 14.4. The topological polar surface area (TPSA) is 89.4 Å². The van der Waals surface area contributed by atoms with Gasteiger partial charge in [-0.05, 0) is 11.6 Å². The van der Waals surface area contributed by atoms with Gasteiger partial charge in [0.1, 0.15) is 5.02 Å². The first-order valence-corrected chi connectivity index (χ1v) is 4.96. The van der Waals surface area contributed by atoms with Crippen LogP contribution in [0.25, 0.3) is 0 Å². The van der Waals surface area contributed by atoms with Crippen LogP contribution in [-0.2, 0) is 0 Å². The SMILES string of the molecule is Cl.N[C@H](c1ccc(Cl)c([N+](=O)[O-])c1)[C@@H](O)C(F)(F)F. The Bertz CT molecular complexity index is 471. The third-order valence-electron chi connectivity index (χ3n) is 2.23. The maximum absolute atomic E-state index is 12.2. The Hall–Kier alpha value is -1.09. The Kier molecular flexibility index (Phi) is 6.01. The number of halogens is 5. The summed E-state index contributed by atoms with van der Waals surface area (Å²) in [7, 11) is 0. The van der Waals surface area contributed by atoms with Gasteiger partial charge in [0.2, 0.25) is 0 Å². The summed E-state index contributed by atoms with van der Waals surface area (Å²) in [5, 5.41) is 19.3. The molecule has 108 valence electrons. The summed E-state index contributed by atoms with van der Waals surface area (Å²) >= 11 is 5.50. The Labute approximate surface area is 116 Å². The van der Waals surface area contributed by atoms with E-state index in [2.05, 4.69) is 0 Å². The average Bonchev–Trinajstić information content (AvgIpc) is 2.26. The second-order valence-corrected chi connectivity index (χ2v) is 3.89. The Morgan fingerprint density at radius 1 is 1.42 bits per heavy atom. The predicted molar refractivity (Wildman–Crippen MR) is 64.3 cm³/mol. The van der Waals surface area contributed by atoms with E-state index < -0.39 is 28.9 Å². The molecule has 1 rings (SSSR count). The molecule has 10 heteroatoms. The van der Waals surface area contributed by atoms with Crippen molar-refractivity contribution in [2.24, 2.45) is 5.73 Å². The quantitative estimate of drug-likeness (QED) is 0.661. The summed E-state index contributed by atoms with van der Waals surface area (Å²) in [5.41, 5.74) is 4.41. The molecule has 0 saturated heterocycles. The van der Waals surface area contributed by atoms with Crippen molar-refractivity contribution in [3.63, 3.8) is 0 Å². The number of aliphatic hydroxyl groups excluding tert-OH is 1. The lowest BCUT2D eigenvalue weighted by Gasteiger charge is -2.21. The minimum atomic E-state index is -4.91. The van der Waals surface area contributed by atoms with Crippen LogP contribution < -0.4 is 5.73 Å². The highest BCUT2D eigenvalue weighted by Gasteiger charge is 2.43. The van der Waals surface area contributed by atoms with Crippen molar-refractivity contribution in [2.75, 3.05) is 0 Å². The molecule has 19 heavy (non-hydrogen) atoms. The summed E-state index contributed by atoms with van der Waals surface area (Å²) in [4.78, 5) is 9.71. The number of rotatable bonds is 3. The minimum Gasteiger partial charge on any atom is -0.382 e. The van der Waals surface area contributed by atoms with Gasteiger partial charge in [0.25, 0.3) is 5.69 Å². The summed E-state index contributed by atoms with van der Waals surface area (Å²) in [6, 6.07) is 1.13. The molecule has 0 aliphatic rings. The molecule has 5 nitrogen and oxygen atoms in total. The van der Waals surface area contributed by atoms with Gasteiger partial charge < -0.3 is 10.8 Å². The number of nitrogens with two attached hydrogens (primary N) is 1. The van der Waals surface area contributed by atoms with E-state index in [-0.39, 0.29) is 23.0 Å². The molecule has 1 aromatic rings. The highest BCUT2D eigenvalue weighted by atomic mass is 35.5. The molecule has 0 unspecified atom stereocenters. The number of hydrogen-bond donors (Lipinski definition) is 2. The maximum Gasteiger partial charge on any atom is 0.416 e. The molecule has 0 heterocycles. The van der Waals surface area contributed by atoms with Crippen LogP contribution in [-0.4, -0.2) is 22.3 Å². The van der Waals surface area contributed by atoms with E-state index >= 15 is 0 Å². The van der Waals surface area contributed by atoms with Gasteiger partial charge in [-0.2, -0.15) is 13.2 Å². The van der Waals surface area contributed by atoms with Crippen LogP contribution in [0.4, 0.5) is 18.9 Å². The lowest BCUT2D eigenvalue weighted by molar-refractivity contribution is -0.384. The third-order valence-corrected chi connectivity index (χ3v) is 2.55. The summed E-state index contributed by atoms with van der Waals surface area (Å²) < 4.78 is 36.7. The number of alkyl halides is 3. The molecule has 0 saturated carbocycles. The Balaban J connectivity index is 0.00000324. The highest BCUT2D eigenvalue weighted by Crippen LogP contribution is 2.32. The molecule has 0 amide bonds. The first kappa shape index (κ1) is 17.9. The van der Waals surface area contributed by atoms with Gasteiger partial charge >= 0.3 is 6.18 Å². The van der Waals surface area contributed by atoms with E-state index in [0.717, 1.165) is 18.2 Å². The molecule has 2 atom stereocenters. The van der Waals surface area contributed by atoms with Crippen molar-refractivity contribution in [2.45, 2.75) is 18.3 Å². The molecule has 0 bridgehead atoms. The monoisotopic (exact) mass is 320 g/mol. The number of nitro groups is 1. The van der Waals surface area contributed by atoms with E-state index in [1.807, 2.05) is 0 Å². The van der Waals surface area contributed by atoms with Crippen molar-refractivity contribution in [1.82, 2.24) is 0 Å². The van der Waals surface area contributed by atoms with Crippen LogP contribution in [0.1, 0.15) is 11.6 Å². The van der Waals surface area contributed by atoms with E-state index in [0.29, 0.717) is 0 Å². The van der Waals surface area contributed by atoms with Crippen LogP contribution in [0, 0.1) is 10.1 Å². The zero-order valence-corrected chi connectivity index (χ0v) is 10.7. The molecule has 3 N–H and O–H groups in total. The van der Waals surface area contributed by atoms with Gasteiger partial charge in [-0.1, -0.05) is 17.7 Å². The summed E-state index contributed by atoms with van der Waals surface area (Å²) in [6.07, 6.45) is -7.72. The number of hydrogen-bond acceptors (Lipinski definition) is 4. The molecule has 0 radical (unpaired) electrons. The third kappa shape index (κ3) is 4.20. The first-order valence-electron chi connectivity index (χ1n) is 4.58. The summed E-state index contributed by atoms with van der Waals surface area (Å²) in [5.74, 6) is 0. The minimum absolute atomic E-state index is 0. The fourth-order valence-corrected chi connectivity index (χ4v) is 1.45. The zero-order valence-electron chi connectivity index (χ0n) is 9.10. The van der Waals surface area contributed by atoms with Crippen LogP contribution in [0.15, 0.2) is 18.2 Å². The van der Waals surface area contributed by atoms with Gasteiger partial charge in [0.15, 0.2) is 6.10 Å². The standard InChI is InChI=1S/C9H8ClF3N2O3.ClH/c10-5-2-1-4(3-6(5)15(17)18)7(14)8(16)9(11,12)13;/h1-3,7-8,16H,14H2;1H/t7-,8-;/m1./s1. The lowest BCUT2D eigenvalue weighted by atomic mass is 10.0. The average molecular weight is 321 g/mol. The van der Waals surface area contributed by atoms with Gasteiger partial charge in [-0.25, -0.2) is 0 Å². The van der Waals surface area contributed by atoms with Crippen molar-refractivity contribution >= 4 is 29.7 Å². The number of nitrogens with zero attached hydrogens (tertiary/aromatic N) is 1. The van der Waals surface area contributed by atoms with Crippen molar-refractivity contribution in [3.05, 3.63) is 38.9 Å². The molecule has 0 fully saturated rings. The van der Waals surface area contributed by atoms with Crippen molar-refractivity contribution in [3.8, 4) is 0 Å². The van der Waals surface area contributed by atoms with Crippen LogP contribution in [0.3, 0.4) is 0 Å². The fourth-order valence-electron chi connectivity index (χ4n) is 1.26. The second-order valence-electron chi connectivity index (χ2n) is 3.48. The van der Waals surface area contributed by atoms with Crippen molar-refractivity contribution < 1.29 is 23.2 Å². The zero-order chi connectivity index (χ0) is 14.1. The first-order chi connectivity index (χ1) is 8.14. The van der Waals surface area contributed by atoms with E-state index in [4.69, 9.17) is 22.4 Å².